The topological polar surface area (TPSA) is 115 Å². The number of hydrogen-bond acceptors (Lipinski definition) is 7. The van der Waals surface area contributed by atoms with E-state index in [-0.39, 0.29) is 17.7 Å². The molecule has 1 fully saturated rings. The molecule has 2 aromatic heterocycles. The first-order chi connectivity index (χ1) is 9.67. The Kier molecular flexibility index (Phi) is 3.35. The highest BCUT2D eigenvalue weighted by Gasteiger charge is 2.29. The summed E-state index contributed by atoms with van der Waals surface area (Å²) in [5, 5.41) is 10.9. The standard InChI is InChI=1S/C11H15N7OS/c1-2-13-7-5-8(15-9(12)14-7)20-11-17-16-10(19)18(11)6-3-4-6/h5-6H,2-4H2,1H3,(H,16,19)(H3,12,13,14,15). The van der Waals surface area contributed by atoms with Crippen molar-refractivity contribution in [1.82, 2.24) is 24.7 Å². The summed E-state index contributed by atoms with van der Waals surface area (Å²) in [6, 6.07) is 2.05. The zero-order valence-electron chi connectivity index (χ0n) is 11.0. The average Bonchev–Trinajstić information content (AvgIpc) is 3.15. The number of aromatic amines is 1. The molecule has 0 amide bonds. The molecule has 1 aliphatic rings. The summed E-state index contributed by atoms with van der Waals surface area (Å²) in [7, 11) is 0. The van der Waals surface area contributed by atoms with Crippen molar-refractivity contribution in [1.29, 1.82) is 0 Å². The Morgan fingerprint density at radius 3 is 3.05 bits per heavy atom. The van der Waals surface area contributed by atoms with Crippen molar-refractivity contribution in [3.63, 3.8) is 0 Å². The van der Waals surface area contributed by atoms with Gasteiger partial charge in [-0.05, 0) is 31.5 Å². The van der Waals surface area contributed by atoms with Crippen LogP contribution < -0.4 is 16.7 Å². The van der Waals surface area contributed by atoms with Gasteiger partial charge in [0.1, 0.15) is 10.8 Å². The number of nitrogen functional groups attached to an aromatic ring is 1. The van der Waals surface area contributed by atoms with Gasteiger partial charge in [-0.15, -0.1) is 5.10 Å². The molecule has 0 aliphatic heterocycles. The molecule has 1 saturated carbocycles. The summed E-state index contributed by atoms with van der Waals surface area (Å²) in [6.07, 6.45) is 2.03. The second-order valence-electron chi connectivity index (χ2n) is 4.49. The van der Waals surface area contributed by atoms with Crippen molar-refractivity contribution < 1.29 is 0 Å². The van der Waals surface area contributed by atoms with Crippen LogP contribution in [0.15, 0.2) is 21.0 Å². The Morgan fingerprint density at radius 1 is 1.55 bits per heavy atom. The van der Waals surface area contributed by atoms with Crippen LogP contribution in [0.2, 0.25) is 0 Å². The lowest BCUT2D eigenvalue weighted by Crippen LogP contribution is -2.16. The van der Waals surface area contributed by atoms with Gasteiger partial charge in [-0.2, -0.15) is 4.98 Å². The third kappa shape index (κ3) is 2.62. The van der Waals surface area contributed by atoms with Gasteiger partial charge in [0.05, 0.1) is 0 Å². The van der Waals surface area contributed by atoms with Crippen LogP contribution in [-0.4, -0.2) is 31.3 Å². The smallest absolute Gasteiger partial charge is 0.344 e. The van der Waals surface area contributed by atoms with E-state index < -0.39 is 0 Å². The van der Waals surface area contributed by atoms with E-state index in [0.717, 1.165) is 19.4 Å². The summed E-state index contributed by atoms with van der Waals surface area (Å²) in [5.41, 5.74) is 5.51. The fourth-order valence-electron chi connectivity index (χ4n) is 1.88. The first-order valence-electron chi connectivity index (χ1n) is 6.40. The first kappa shape index (κ1) is 13.0. The van der Waals surface area contributed by atoms with Crippen LogP contribution in [0.5, 0.6) is 0 Å². The van der Waals surface area contributed by atoms with Gasteiger partial charge in [-0.1, -0.05) is 0 Å². The van der Waals surface area contributed by atoms with Gasteiger partial charge in [-0.3, -0.25) is 4.57 Å². The van der Waals surface area contributed by atoms with Crippen molar-refractivity contribution in [2.45, 2.75) is 36.0 Å². The molecule has 2 heterocycles. The van der Waals surface area contributed by atoms with Crippen LogP contribution in [0.1, 0.15) is 25.8 Å². The van der Waals surface area contributed by atoms with Gasteiger partial charge in [-0.25, -0.2) is 14.9 Å². The lowest BCUT2D eigenvalue weighted by molar-refractivity contribution is 0.642. The maximum atomic E-state index is 11.7. The van der Waals surface area contributed by atoms with Gasteiger partial charge in [0.25, 0.3) is 0 Å². The second kappa shape index (κ2) is 5.16. The summed E-state index contributed by atoms with van der Waals surface area (Å²) < 4.78 is 1.68. The highest BCUT2D eigenvalue weighted by atomic mass is 32.2. The van der Waals surface area contributed by atoms with E-state index in [9.17, 15) is 4.79 Å². The fraction of sp³-hybridized carbons (Fsp3) is 0.455. The van der Waals surface area contributed by atoms with Gasteiger partial charge in [0, 0.05) is 18.7 Å². The minimum Gasteiger partial charge on any atom is -0.370 e. The van der Waals surface area contributed by atoms with E-state index in [1.807, 2.05) is 6.92 Å². The van der Waals surface area contributed by atoms with Crippen LogP contribution in [0, 0.1) is 0 Å². The monoisotopic (exact) mass is 293 g/mol. The molecule has 0 unspecified atom stereocenters. The molecule has 0 radical (unpaired) electrons. The summed E-state index contributed by atoms with van der Waals surface area (Å²) in [5.74, 6) is 0.861. The van der Waals surface area contributed by atoms with E-state index in [4.69, 9.17) is 5.73 Å². The lowest BCUT2D eigenvalue weighted by atomic mass is 10.5. The van der Waals surface area contributed by atoms with Crippen molar-refractivity contribution in [3.8, 4) is 0 Å². The number of nitrogens with two attached hydrogens (primary N) is 1. The molecular weight excluding hydrogens is 278 g/mol. The van der Waals surface area contributed by atoms with Crippen LogP contribution in [-0.2, 0) is 0 Å². The zero-order chi connectivity index (χ0) is 14.1. The number of H-pyrrole nitrogens is 1. The predicted molar refractivity (Wildman–Crippen MR) is 75.8 cm³/mol. The Bertz CT molecular complexity index is 676. The highest BCUT2D eigenvalue weighted by molar-refractivity contribution is 7.99. The Labute approximate surface area is 119 Å². The van der Waals surface area contributed by atoms with E-state index in [1.165, 1.54) is 11.8 Å². The Balaban J connectivity index is 1.89. The van der Waals surface area contributed by atoms with Crippen LogP contribution >= 0.6 is 11.8 Å². The fourth-order valence-corrected chi connectivity index (χ4v) is 2.80. The van der Waals surface area contributed by atoms with Gasteiger partial charge in [0.15, 0.2) is 5.16 Å². The van der Waals surface area contributed by atoms with Crippen molar-refractivity contribution in [3.05, 3.63) is 16.6 Å². The van der Waals surface area contributed by atoms with Gasteiger partial charge >= 0.3 is 5.69 Å². The Hall–Kier alpha value is -2.03. The van der Waals surface area contributed by atoms with Crippen LogP contribution in [0.4, 0.5) is 11.8 Å². The number of hydrogen-bond donors (Lipinski definition) is 3. The summed E-state index contributed by atoms with van der Waals surface area (Å²) in [4.78, 5) is 20.0. The number of rotatable bonds is 5. The van der Waals surface area contributed by atoms with Gasteiger partial charge in [0.2, 0.25) is 5.95 Å². The molecule has 2 aromatic rings. The molecule has 106 valence electrons. The molecule has 8 nitrogen and oxygen atoms in total. The molecule has 0 saturated heterocycles. The van der Waals surface area contributed by atoms with Crippen LogP contribution in [0.25, 0.3) is 0 Å². The molecule has 3 rings (SSSR count). The molecule has 20 heavy (non-hydrogen) atoms. The number of nitrogens with zero attached hydrogens (tertiary/aromatic N) is 4. The van der Waals surface area contributed by atoms with Crippen molar-refractivity contribution in [2.24, 2.45) is 0 Å². The molecule has 0 spiro atoms. The minimum atomic E-state index is -0.177. The average molecular weight is 293 g/mol. The highest BCUT2D eigenvalue weighted by Crippen LogP contribution is 2.37. The third-order valence-corrected chi connectivity index (χ3v) is 3.75. The van der Waals surface area contributed by atoms with E-state index in [0.29, 0.717) is 16.0 Å². The molecule has 4 N–H and O–H groups in total. The number of aromatic nitrogens is 5. The zero-order valence-corrected chi connectivity index (χ0v) is 11.8. The number of anilines is 2. The first-order valence-corrected chi connectivity index (χ1v) is 7.22. The predicted octanol–water partition coefficient (Wildman–Crippen LogP) is 0.861. The second-order valence-corrected chi connectivity index (χ2v) is 5.48. The van der Waals surface area contributed by atoms with Crippen molar-refractivity contribution >= 4 is 23.5 Å². The molecular formula is C11H15N7OS. The molecule has 0 aromatic carbocycles. The minimum absolute atomic E-state index is 0.177. The van der Waals surface area contributed by atoms with E-state index in [2.05, 4.69) is 25.5 Å². The normalized spacial score (nSPS) is 14.4. The third-order valence-electron chi connectivity index (χ3n) is 2.86. The Morgan fingerprint density at radius 2 is 2.35 bits per heavy atom. The quantitative estimate of drug-likeness (QED) is 0.700. The molecule has 0 bridgehead atoms. The van der Waals surface area contributed by atoms with Crippen LogP contribution in [0.3, 0.4) is 0 Å². The van der Waals surface area contributed by atoms with E-state index >= 15 is 0 Å². The maximum absolute atomic E-state index is 11.7. The van der Waals surface area contributed by atoms with Gasteiger partial charge < -0.3 is 11.1 Å². The van der Waals surface area contributed by atoms with Crippen molar-refractivity contribution in [2.75, 3.05) is 17.6 Å². The summed E-state index contributed by atoms with van der Waals surface area (Å²) in [6.45, 7) is 2.72. The molecule has 1 aliphatic carbocycles. The summed E-state index contributed by atoms with van der Waals surface area (Å²) >= 11 is 1.31. The van der Waals surface area contributed by atoms with E-state index in [1.54, 1.807) is 10.6 Å². The SMILES string of the molecule is CCNc1cc(Sc2n[nH]c(=O)n2C2CC2)nc(N)n1. The number of nitrogens with one attached hydrogen (secondary N) is 2. The molecule has 9 heteroatoms. The largest absolute Gasteiger partial charge is 0.370 e. The maximum Gasteiger partial charge on any atom is 0.344 e. The molecule has 0 atom stereocenters. The lowest BCUT2D eigenvalue weighted by Gasteiger charge is -2.06.